The summed E-state index contributed by atoms with van der Waals surface area (Å²) in [6, 6.07) is 3.50. The van der Waals surface area contributed by atoms with E-state index in [-0.39, 0.29) is 12.5 Å². The van der Waals surface area contributed by atoms with E-state index < -0.39 is 0 Å². The van der Waals surface area contributed by atoms with Crippen LogP contribution in [0.2, 0.25) is 0 Å². The van der Waals surface area contributed by atoms with Gasteiger partial charge in [0.05, 0.1) is 12.7 Å². The molecular weight excluding hydrogens is 238 g/mol. The van der Waals surface area contributed by atoms with Gasteiger partial charge in [0.25, 0.3) is 5.91 Å². The molecule has 0 atom stereocenters. The average Bonchev–Trinajstić information content (AvgIpc) is 2.88. The lowest BCUT2D eigenvalue weighted by Crippen LogP contribution is -2.28. The highest BCUT2D eigenvalue weighted by Crippen LogP contribution is 2.05. The van der Waals surface area contributed by atoms with E-state index in [2.05, 4.69) is 15.3 Å². The van der Waals surface area contributed by atoms with Crippen LogP contribution in [0.15, 0.2) is 36.1 Å². The van der Waals surface area contributed by atoms with Crippen molar-refractivity contribution in [3.63, 3.8) is 0 Å². The quantitative estimate of drug-likeness (QED) is 0.865. The Hall–Kier alpha value is -1.95. The molecule has 6 heteroatoms. The van der Waals surface area contributed by atoms with Gasteiger partial charge in [0.15, 0.2) is 6.61 Å². The molecule has 0 aromatic carbocycles. The number of nitrogens with one attached hydrogen (secondary N) is 1. The fourth-order valence-corrected chi connectivity index (χ4v) is 1.70. The van der Waals surface area contributed by atoms with Gasteiger partial charge in [-0.25, -0.2) is 4.98 Å². The van der Waals surface area contributed by atoms with Crippen molar-refractivity contribution in [1.29, 1.82) is 0 Å². The molecule has 0 bridgehead atoms. The van der Waals surface area contributed by atoms with Crippen molar-refractivity contribution in [2.75, 3.05) is 6.61 Å². The van der Waals surface area contributed by atoms with Gasteiger partial charge >= 0.3 is 0 Å². The first-order valence-corrected chi connectivity index (χ1v) is 5.90. The third-order valence-electron chi connectivity index (χ3n) is 1.92. The van der Waals surface area contributed by atoms with Crippen molar-refractivity contribution >= 4 is 17.2 Å². The Bertz CT molecular complexity index is 459. The number of thiazole rings is 1. The smallest absolute Gasteiger partial charge is 0.258 e. The number of aromatic nitrogens is 2. The summed E-state index contributed by atoms with van der Waals surface area (Å²) in [6.07, 6.45) is 4.92. The largest absolute Gasteiger partial charge is 0.482 e. The maximum absolute atomic E-state index is 11.4. The first-order chi connectivity index (χ1) is 8.34. The van der Waals surface area contributed by atoms with Gasteiger partial charge in [-0.2, -0.15) is 0 Å². The predicted octanol–water partition coefficient (Wildman–Crippen LogP) is 1.23. The summed E-state index contributed by atoms with van der Waals surface area (Å²) in [7, 11) is 0. The summed E-state index contributed by atoms with van der Waals surface area (Å²) >= 11 is 1.50. The van der Waals surface area contributed by atoms with E-state index in [1.807, 2.05) is 5.38 Å². The van der Waals surface area contributed by atoms with Gasteiger partial charge in [-0.3, -0.25) is 9.78 Å². The molecule has 0 saturated carbocycles. The second-order valence-electron chi connectivity index (χ2n) is 3.18. The first kappa shape index (κ1) is 11.5. The minimum Gasteiger partial charge on any atom is -0.482 e. The van der Waals surface area contributed by atoms with Crippen molar-refractivity contribution in [3.05, 3.63) is 41.1 Å². The van der Waals surface area contributed by atoms with Gasteiger partial charge in [-0.15, -0.1) is 11.3 Å². The van der Waals surface area contributed by atoms with Crippen LogP contribution < -0.4 is 10.1 Å². The summed E-state index contributed by atoms with van der Waals surface area (Å²) in [6.45, 7) is 0.421. The van der Waals surface area contributed by atoms with Crippen LogP contribution in [0.5, 0.6) is 5.75 Å². The maximum atomic E-state index is 11.4. The van der Waals surface area contributed by atoms with E-state index in [9.17, 15) is 4.79 Å². The molecule has 0 aliphatic carbocycles. The van der Waals surface area contributed by atoms with Gasteiger partial charge < -0.3 is 10.1 Å². The van der Waals surface area contributed by atoms with Crippen LogP contribution in [0.25, 0.3) is 0 Å². The standard InChI is InChI=1S/C11H11N3O2S/c15-10(14-7-11-13-4-5-17-11)8-16-9-2-1-3-12-6-9/h1-6H,7-8H2,(H,14,15). The SMILES string of the molecule is O=C(COc1cccnc1)NCc1nccs1. The van der Waals surface area contributed by atoms with Crippen molar-refractivity contribution in [1.82, 2.24) is 15.3 Å². The Morgan fingerprint density at radius 3 is 3.12 bits per heavy atom. The van der Waals surface area contributed by atoms with Gasteiger partial charge in [-0.1, -0.05) is 0 Å². The monoisotopic (exact) mass is 249 g/mol. The Kier molecular flexibility index (Phi) is 4.04. The van der Waals surface area contributed by atoms with Crippen LogP contribution in [0.1, 0.15) is 5.01 Å². The molecule has 5 nitrogen and oxygen atoms in total. The van der Waals surface area contributed by atoms with Gasteiger partial charge in [0.2, 0.25) is 0 Å². The van der Waals surface area contributed by atoms with E-state index in [0.29, 0.717) is 12.3 Å². The molecule has 1 amide bonds. The molecule has 0 spiro atoms. The fraction of sp³-hybridized carbons (Fsp3) is 0.182. The molecule has 0 saturated heterocycles. The highest BCUT2D eigenvalue weighted by Gasteiger charge is 2.03. The van der Waals surface area contributed by atoms with Crippen LogP contribution in [0.3, 0.4) is 0 Å². The molecule has 2 heterocycles. The molecular formula is C11H11N3O2S. The van der Waals surface area contributed by atoms with Crippen LogP contribution >= 0.6 is 11.3 Å². The molecule has 2 rings (SSSR count). The zero-order valence-corrected chi connectivity index (χ0v) is 9.81. The molecule has 17 heavy (non-hydrogen) atoms. The highest BCUT2D eigenvalue weighted by molar-refractivity contribution is 7.09. The number of ether oxygens (including phenoxy) is 1. The lowest BCUT2D eigenvalue weighted by molar-refractivity contribution is -0.123. The predicted molar refractivity (Wildman–Crippen MR) is 63.7 cm³/mol. The number of pyridine rings is 1. The van der Waals surface area contributed by atoms with Crippen LogP contribution in [-0.2, 0) is 11.3 Å². The number of carbonyl (C=O) groups excluding carboxylic acids is 1. The highest BCUT2D eigenvalue weighted by atomic mass is 32.1. The Labute approximate surface area is 102 Å². The van der Waals surface area contributed by atoms with Crippen molar-refractivity contribution in [2.45, 2.75) is 6.54 Å². The van der Waals surface area contributed by atoms with Crippen molar-refractivity contribution in [3.8, 4) is 5.75 Å². The number of hydrogen-bond donors (Lipinski definition) is 1. The molecule has 0 aliphatic rings. The normalized spacial score (nSPS) is 9.88. The van der Waals surface area contributed by atoms with Crippen LogP contribution in [0, 0.1) is 0 Å². The molecule has 0 unspecified atom stereocenters. The summed E-state index contributed by atoms with van der Waals surface area (Å²) in [5.41, 5.74) is 0. The van der Waals surface area contributed by atoms with Gasteiger partial charge in [-0.05, 0) is 12.1 Å². The minimum atomic E-state index is -0.177. The second-order valence-corrected chi connectivity index (χ2v) is 4.16. The Morgan fingerprint density at radius 2 is 2.41 bits per heavy atom. The summed E-state index contributed by atoms with van der Waals surface area (Å²) in [4.78, 5) is 19.4. The summed E-state index contributed by atoms with van der Waals surface area (Å²) in [5.74, 6) is 0.404. The number of amides is 1. The summed E-state index contributed by atoms with van der Waals surface area (Å²) in [5, 5.41) is 5.46. The topological polar surface area (TPSA) is 64.1 Å². The van der Waals surface area contributed by atoms with E-state index in [1.54, 1.807) is 30.7 Å². The number of nitrogens with zero attached hydrogens (tertiary/aromatic N) is 2. The summed E-state index contributed by atoms with van der Waals surface area (Å²) < 4.78 is 5.25. The zero-order valence-electron chi connectivity index (χ0n) is 9.00. The molecule has 2 aromatic rings. The molecule has 0 aliphatic heterocycles. The lowest BCUT2D eigenvalue weighted by Gasteiger charge is -2.05. The van der Waals surface area contributed by atoms with Gasteiger partial charge in [0, 0.05) is 17.8 Å². The van der Waals surface area contributed by atoms with E-state index >= 15 is 0 Å². The number of rotatable bonds is 5. The van der Waals surface area contributed by atoms with E-state index in [0.717, 1.165) is 5.01 Å². The fourth-order valence-electron chi connectivity index (χ4n) is 1.15. The van der Waals surface area contributed by atoms with E-state index in [4.69, 9.17) is 4.74 Å². The Balaban J connectivity index is 1.71. The van der Waals surface area contributed by atoms with E-state index in [1.165, 1.54) is 11.3 Å². The maximum Gasteiger partial charge on any atom is 0.258 e. The molecule has 88 valence electrons. The number of carbonyl (C=O) groups is 1. The van der Waals surface area contributed by atoms with Gasteiger partial charge in [0.1, 0.15) is 10.8 Å². The third kappa shape index (κ3) is 3.84. The Morgan fingerprint density at radius 1 is 1.47 bits per heavy atom. The van der Waals surface area contributed by atoms with Crippen molar-refractivity contribution < 1.29 is 9.53 Å². The van der Waals surface area contributed by atoms with Crippen LogP contribution in [-0.4, -0.2) is 22.5 Å². The zero-order chi connectivity index (χ0) is 11.9. The molecule has 2 aromatic heterocycles. The average molecular weight is 249 g/mol. The first-order valence-electron chi connectivity index (χ1n) is 5.02. The molecule has 1 N–H and O–H groups in total. The minimum absolute atomic E-state index is 0.0168. The lowest BCUT2D eigenvalue weighted by atomic mass is 10.5. The molecule has 0 radical (unpaired) electrons. The second kappa shape index (κ2) is 5.95. The third-order valence-corrected chi connectivity index (χ3v) is 2.70. The van der Waals surface area contributed by atoms with Crippen molar-refractivity contribution in [2.24, 2.45) is 0 Å². The number of hydrogen-bond acceptors (Lipinski definition) is 5. The van der Waals surface area contributed by atoms with Crippen LogP contribution in [0.4, 0.5) is 0 Å². The molecule has 0 fully saturated rings.